The van der Waals surface area contributed by atoms with E-state index < -0.39 is 27.8 Å². The molecule has 0 unspecified atom stereocenters. The first-order valence-corrected chi connectivity index (χ1v) is 23.9. The molecule has 0 radical (unpaired) electrons. The molecular weight excluding hydrogens is 815 g/mol. The highest BCUT2D eigenvalue weighted by atomic mass is 32.2. The van der Waals surface area contributed by atoms with Crippen LogP contribution in [0.15, 0.2) is 112 Å². The van der Waals surface area contributed by atoms with Crippen LogP contribution < -0.4 is 14.8 Å². The first-order chi connectivity index (χ1) is 29.6. The molecule has 0 saturated heterocycles. The molecule has 2 aliphatic carbocycles. The summed E-state index contributed by atoms with van der Waals surface area (Å²) in [5.41, 5.74) is 2.94. The SMILES string of the molecule is C=CCO[C@@]12Oc3ccc(OCCSc4ccccc4)cc3[C@H]3[C@H](CCCCO)[C@@H](CCCCO)C=C(C(=NOC)C[C@@H]1N(CCC)S(=O)(=O)c1ccc(NC(C)=O)cc1)[C@H]32. The second-order valence-corrected chi connectivity index (χ2v) is 18.8. The molecule has 6 rings (SSSR count). The summed E-state index contributed by atoms with van der Waals surface area (Å²) >= 11 is 1.73. The lowest BCUT2D eigenvalue weighted by molar-refractivity contribution is -0.251. The highest BCUT2D eigenvalue weighted by Crippen LogP contribution is 2.62. The van der Waals surface area contributed by atoms with E-state index in [0.717, 1.165) is 42.6 Å². The summed E-state index contributed by atoms with van der Waals surface area (Å²) in [6.07, 6.45) is 9.06. The zero-order valence-corrected chi connectivity index (χ0v) is 37.2. The number of sulfonamides is 1. The molecule has 6 atom stereocenters. The number of ether oxygens (including phenoxy) is 3. The van der Waals surface area contributed by atoms with E-state index in [9.17, 15) is 15.0 Å². The lowest BCUT2D eigenvalue weighted by Crippen LogP contribution is -2.70. The van der Waals surface area contributed by atoms with Crippen molar-refractivity contribution in [3.63, 3.8) is 0 Å². The largest absolute Gasteiger partial charge is 0.493 e. The Balaban J connectivity index is 1.52. The van der Waals surface area contributed by atoms with Gasteiger partial charge in [0, 0.05) is 60.9 Å². The minimum absolute atomic E-state index is 0.0253. The number of nitrogens with one attached hydrogen (secondary N) is 1. The summed E-state index contributed by atoms with van der Waals surface area (Å²) in [6, 6.07) is 21.4. The average Bonchev–Trinajstić information content (AvgIpc) is 3.25. The Morgan fingerprint density at radius 2 is 1.79 bits per heavy atom. The van der Waals surface area contributed by atoms with Gasteiger partial charge in [-0.25, -0.2) is 8.42 Å². The molecule has 0 aromatic heterocycles. The van der Waals surface area contributed by atoms with Gasteiger partial charge in [0.25, 0.3) is 0 Å². The van der Waals surface area contributed by atoms with E-state index in [1.54, 1.807) is 30.0 Å². The van der Waals surface area contributed by atoms with Crippen LogP contribution in [0, 0.1) is 17.8 Å². The summed E-state index contributed by atoms with van der Waals surface area (Å²) in [5, 5.41) is 27.1. The minimum Gasteiger partial charge on any atom is -0.493 e. The van der Waals surface area contributed by atoms with Crippen LogP contribution in [-0.4, -0.2) is 92.2 Å². The third-order valence-corrected chi connectivity index (χ3v) is 14.7. The van der Waals surface area contributed by atoms with Crippen molar-refractivity contribution >= 4 is 39.1 Å². The van der Waals surface area contributed by atoms with Crippen LogP contribution in [0.4, 0.5) is 5.69 Å². The molecule has 61 heavy (non-hydrogen) atoms. The molecule has 1 fully saturated rings. The van der Waals surface area contributed by atoms with Crippen molar-refractivity contribution in [2.45, 2.75) is 92.8 Å². The summed E-state index contributed by atoms with van der Waals surface area (Å²) in [7, 11) is -2.71. The quantitative estimate of drug-likeness (QED) is 0.0368. The lowest BCUT2D eigenvalue weighted by atomic mass is 9.55. The van der Waals surface area contributed by atoms with Crippen LogP contribution in [0.1, 0.15) is 76.7 Å². The van der Waals surface area contributed by atoms with Crippen LogP contribution in [0.5, 0.6) is 11.5 Å². The van der Waals surface area contributed by atoms with Gasteiger partial charge in [-0.05, 0) is 104 Å². The molecule has 3 N–H and O–H groups in total. The maximum atomic E-state index is 15.1. The molecule has 1 amide bonds. The van der Waals surface area contributed by atoms with Gasteiger partial charge in [0.2, 0.25) is 21.7 Å². The number of allylic oxidation sites excluding steroid dienone is 1. The average molecular weight is 876 g/mol. The fraction of sp³-hybridized carbons (Fsp3) is 0.489. The number of hydrogen-bond acceptors (Lipinski definition) is 11. The van der Waals surface area contributed by atoms with Crippen molar-refractivity contribution in [1.82, 2.24) is 4.31 Å². The summed E-state index contributed by atoms with van der Waals surface area (Å²) in [6.45, 7) is 8.22. The minimum atomic E-state index is -4.21. The first-order valence-electron chi connectivity index (χ1n) is 21.4. The number of aliphatic hydroxyl groups excluding tert-OH is 2. The van der Waals surface area contributed by atoms with Crippen molar-refractivity contribution < 1.29 is 42.5 Å². The fourth-order valence-electron chi connectivity index (χ4n) is 9.37. The number of amides is 1. The number of rotatable bonds is 23. The van der Waals surface area contributed by atoms with E-state index in [-0.39, 0.29) is 61.3 Å². The smallest absolute Gasteiger partial charge is 0.243 e. The summed E-state index contributed by atoms with van der Waals surface area (Å²) < 4.78 is 52.3. The molecule has 0 spiro atoms. The second-order valence-electron chi connectivity index (χ2n) is 15.8. The van der Waals surface area contributed by atoms with Gasteiger partial charge >= 0.3 is 0 Å². The topological polar surface area (TPSA) is 156 Å². The zero-order chi connectivity index (χ0) is 43.4. The highest BCUT2D eigenvalue weighted by Gasteiger charge is 2.66. The number of carbonyl (C=O) groups excluding carboxylic acids is 1. The Morgan fingerprint density at radius 3 is 2.46 bits per heavy atom. The molecular formula is C47H61N3O9S2. The molecule has 3 aromatic rings. The molecule has 0 bridgehead atoms. The van der Waals surface area contributed by atoms with E-state index in [0.29, 0.717) is 48.8 Å². The number of anilines is 1. The van der Waals surface area contributed by atoms with E-state index in [1.807, 2.05) is 37.3 Å². The first kappa shape index (κ1) is 46.3. The predicted molar refractivity (Wildman–Crippen MR) is 240 cm³/mol. The molecule has 3 aliphatic rings. The molecule has 330 valence electrons. The summed E-state index contributed by atoms with van der Waals surface area (Å²) in [4.78, 5) is 18.6. The predicted octanol–water partition coefficient (Wildman–Crippen LogP) is 8.18. The van der Waals surface area contributed by atoms with Crippen molar-refractivity contribution in [2.24, 2.45) is 22.9 Å². The standard InChI is InChI=1S/C47H61N3O9S2/c1-5-24-50(61(54,55)38-21-18-35(19-22-38)48-33(3)53)44-32-42(49-56-4)40-30-34(14-10-12-25-51)39(17-11-13-26-52)45-41-31-36(57-28-29-60-37-15-8-7-9-16-37)20-23-43(41)59-47(44,46(40)45)58-27-6-2/h6-9,15-16,18-23,30-31,34,39,44-46,51-52H,2,5,10-14,17,24-29,32H2,1,3-4H3,(H,48,53)/t34-,39+,44-,45+,46+,47+/m0/s1. The van der Waals surface area contributed by atoms with Crippen LogP contribution in [0.2, 0.25) is 0 Å². The van der Waals surface area contributed by atoms with Crippen molar-refractivity contribution in [2.75, 3.05) is 51.2 Å². The molecule has 12 nitrogen and oxygen atoms in total. The Hall–Kier alpha value is -4.18. The Morgan fingerprint density at radius 1 is 1.05 bits per heavy atom. The maximum Gasteiger partial charge on any atom is 0.243 e. The third kappa shape index (κ3) is 10.5. The van der Waals surface area contributed by atoms with Crippen LogP contribution >= 0.6 is 11.8 Å². The second kappa shape index (κ2) is 21.8. The van der Waals surface area contributed by atoms with Gasteiger partial charge in [-0.15, -0.1) is 18.3 Å². The van der Waals surface area contributed by atoms with Gasteiger partial charge in [-0.3, -0.25) is 4.79 Å². The number of oxime groups is 1. The summed E-state index contributed by atoms with van der Waals surface area (Å²) in [5.74, 6) is -0.459. The number of fused-ring (bicyclic) bond motifs is 2. The third-order valence-electron chi connectivity index (χ3n) is 11.8. The van der Waals surface area contributed by atoms with Crippen LogP contribution in [0.25, 0.3) is 0 Å². The number of hydrogen-bond donors (Lipinski definition) is 3. The van der Waals surface area contributed by atoms with Crippen molar-refractivity contribution in [3.05, 3.63) is 103 Å². The van der Waals surface area contributed by atoms with Gasteiger partial charge in [0.05, 0.1) is 35.8 Å². The van der Waals surface area contributed by atoms with E-state index in [1.165, 1.54) is 35.4 Å². The highest BCUT2D eigenvalue weighted by molar-refractivity contribution is 7.99. The number of benzene rings is 3. The number of thioether (sulfide) groups is 1. The molecule has 3 aromatic carbocycles. The van der Waals surface area contributed by atoms with E-state index in [4.69, 9.17) is 19.0 Å². The normalized spacial score (nSPS) is 23.7. The fourth-order valence-corrected chi connectivity index (χ4v) is 11.9. The number of carbonyl (C=O) groups is 1. The Kier molecular flexibility index (Phi) is 16.5. The Labute approximate surface area is 365 Å². The van der Waals surface area contributed by atoms with Gasteiger partial charge in [-0.1, -0.05) is 55.3 Å². The van der Waals surface area contributed by atoms with E-state index in [2.05, 4.69) is 41.3 Å². The monoisotopic (exact) mass is 875 g/mol. The maximum absolute atomic E-state index is 15.1. The Bertz CT molecular complexity index is 2100. The van der Waals surface area contributed by atoms with Gasteiger partial charge in [0.15, 0.2) is 0 Å². The zero-order valence-electron chi connectivity index (χ0n) is 35.5. The van der Waals surface area contributed by atoms with E-state index >= 15 is 8.42 Å². The van der Waals surface area contributed by atoms with Gasteiger partial charge in [-0.2, -0.15) is 4.31 Å². The number of aliphatic hydroxyl groups is 2. The molecule has 14 heteroatoms. The molecule has 1 saturated carbocycles. The molecule has 1 heterocycles. The van der Waals surface area contributed by atoms with Crippen molar-refractivity contribution in [3.8, 4) is 11.5 Å². The van der Waals surface area contributed by atoms with Gasteiger partial charge in [0.1, 0.15) is 18.6 Å². The number of nitrogens with zero attached hydrogens (tertiary/aromatic N) is 2. The number of unbranched alkanes of at least 4 members (excludes halogenated alkanes) is 2. The van der Waals surface area contributed by atoms with Crippen LogP contribution in [0.3, 0.4) is 0 Å². The lowest BCUT2D eigenvalue weighted by Gasteiger charge is -2.59. The van der Waals surface area contributed by atoms with Crippen LogP contribution in [-0.2, 0) is 24.4 Å². The van der Waals surface area contributed by atoms with Crippen molar-refractivity contribution in [1.29, 1.82) is 0 Å². The molecule has 1 aliphatic heterocycles. The van der Waals surface area contributed by atoms with Gasteiger partial charge < -0.3 is 34.6 Å².